The Balaban J connectivity index is 0.000000126. The zero-order valence-electron chi connectivity index (χ0n) is 92.2. The summed E-state index contributed by atoms with van der Waals surface area (Å²) in [5.74, 6) is 4.29. The van der Waals surface area contributed by atoms with E-state index >= 15 is 0 Å². The highest BCUT2D eigenvalue weighted by Crippen LogP contribution is 2.42. The number of rotatable bonds is 15. The predicted molar refractivity (Wildman–Crippen MR) is 611 cm³/mol. The summed E-state index contributed by atoms with van der Waals surface area (Å²) in [6.45, 7) is 50.1. The SMILES string of the molecule is Cc1cc(C)c(C)c(-c2cc3c(-c4cnc(C(C)C)cn4)cccc3c[n+]2C)c1.Cc1cc(C)c(C)c(-c2cc3c(-c4cnc(C)cn4)cccc3c[n+]2C)c1.Cc1cc(C)c(C)c(-c2cc3c(-c4cnc(C5CCCC5)nc4)cccc3c[n+]2C)c1.Cc1cc(C)c(C)c(-c2cc3c(-c4cnc(CC(C)(C)C)nc4)cccc3c[n+]2C)c1.Cc1cc(C)c(C)c(-c2cc3c(-c4cnc(CC(C)C)nc4)cccc3c[n+]2C)c1. The van der Waals surface area contributed by atoms with Crippen LogP contribution in [0, 0.1) is 122 Å². The largest absolute Gasteiger partial charge is 0.258 e. The molecule has 10 aromatic carbocycles. The number of aryl methyl sites for hydroxylation is 16. The van der Waals surface area contributed by atoms with Gasteiger partial charge in [-0.15, -0.1) is 0 Å². The van der Waals surface area contributed by atoms with Gasteiger partial charge in [-0.3, -0.25) is 19.9 Å². The zero-order chi connectivity index (χ0) is 105. The molecule has 0 bridgehead atoms. The van der Waals surface area contributed by atoms with Gasteiger partial charge in [-0.05, 0) is 274 Å². The van der Waals surface area contributed by atoms with Crippen molar-refractivity contribution < 1.29 is 22.8 Å². The lowest BCUT2D eigenvalue weighted by molar-refractivity contribution is -0.659. The van der Waals surface area contributed by atoms with E-state index in [1.165, 1.54) is 236 Å². The van der Waals surface area contributed by atoms with E-state index in [0.717, 1.165) is 80.9 Å². The average molecular weight is 1950 g/mol. The van der Waals surface area contributed by atoms with Crippen molar-refractivity contribution in [1.29, 1.82) is 0 Å². The minimum atomic E-state index is 0.175. The molecule has 10 aromatic heterocycles. The summed E-state index contributed by atoms with van der Waals surface area (Å²) >= 11 is 0. The van der Waals surface area contributed by atoms with Crippen molar-refractivity contribution in [1.82, 2.24) is 49.8 Å². The molecular weight excluding hydrogens is 1810 g/mol. The number of fused-ring (bicyclic) bond motifs is 5. The molecule has 21 rings (SSSR count). The van der Waals surface area contributed by atoms with Crippen molar-refractivity contribution in [3.05, 3.63) is 387 Å². The van der Waals surface area contributed by atoms with Crippen molar-refractivity contribution >= 4 is 53.9 Å². The molecular formula is C133H144N15+5. The number of hydrogen-bond acceptors (Lipinski definition) is 10. The number of hydrogen-bond donors (Lipinski definition) is 0. The van der Waals surface area contributed by atoms with Gasteiger partial charge in [0.05, 0.1) is 35.2 Å². The first kappa shape index (κ1) is 104. The van der Waals surface area contributed by atoms with E-state index in [9.17, 15) is 0 Å². The molecule has 0 spiro atoms. The number of nitrogens with zero attached hydrogens (tertiary/aromatic N) is 15. The molecule has 20 aromatic rings. The second kappa shape index (κ2) is 44.1. The van der Waals surface area contributed by atoms with Crippen LogP contribution in [0.4, 0.5) is 0 Å². The van der Waals surface area contributed by atoms with Gasteiger partial charge in [0, 0.05) is 208 Å². The average Bonchev–Trinajstić information content (AvgIpc) is 0.874. The molecule has 10 heterocycles. The molecule has 0 aliphatic heterocycles. The van der Waals surface area contributed by atoms with E-state index in [1.54, 1.807) is 0 Å². The zero-order valence-corrected chi connectivity index (χ0v) is 92.2. The molecule has 1 aliphatic carbocycles. The van der Waals surface area contributed by atoms with Gasteiger partial charge in [-0.1, -0.05) is 180 Å². The van der Waals surface area contributed by atoms with Crippen molar-refractivity contribution in [2.45, 2.75) is 210 Å². The van der Waals surface area contributed by atoms with Crippen LogP contribution in [0.15, 0.2) is 275 Å². The Morgan fingerprint density at radius 3 is 0.831 bits per heavy atom. The maximum absolute atomic E-state index is 4.76. The van der Waals surface area contributed by atoms with Crippen LogP contribution in [0.5, 0.6) is 0 Å². The topological polar surface area (TPSA) is 148 Å². The Hall–Kier alpha value is -15.4. The van der Waals surface area contributed by atoms with Gasteiger partial charge in [-0.2, -0.15) is 0 Å². The van der Waals surface area contributed by atoms with Crippen LogP contribution in [0.25, 0.3) is 166 Å². The van der Waals surface area contributed by atoms with Crippen molar-refractivity contribution in [3.63, 3.8) is 0 Å². The molecule has 0 saturated heterocycles. The third-order valence-corrected chi connectivity index (χ3v) is 29.7. The first-order valence-corrected chi connectivity index (χ1v) is 52.3. The van der Waals surface area contributed by atoms with Gasteiger partial charge in [0.15, 0.2) is 31.0 Å². The summed E-state index contributed by atoms with van der Waals surface area (Å²) in [6, 6.07) is 66.4. The lowest BCUT2D eigenvalue weighted by Gasteiger charge is -2.16. The van der Waals surface area contributed by atoms with Crippen molar-refractivity contribution in [2.75, 3.05) is 0 Å². The Morgan fingerprint density at radius 2 is 0.561 bits per heavy atom. The first-order chi connectivity index (χ1) is 70.7. The smallest absolute Gasteiger partial charge is 0.213 e. The quantitative estimate of drug-likeness (QED) is 0.0908. The molecule has 0 amide bonds. The fraction of sp³-hybridized carbons (Fsp3) is 0.286. The van der Waals surface area contributed by atoms with Gasteiger partial charge in [0.2, 0.25) is 28.5 Å². The second-order valence-electron chi connectivity index (χ2n) is 43.6. The first-order valence-electron chi connectivity index (χ1n) is 52.3. The summed E-state index contributed by atoms with van der Waals surface area (Å²) in [7, 11) is 10.6. The second-order valence-corrected chi connectivity index (χ2v) is 43.6. The van der Waals surface area contributed by atoms with E-state index in [1.807, 2.05) is 68.9 Å². The van der Waals surface area contributed by atoms with Crippen LogP contribution in [0.3, 0.4) is 0 Å². The fourth-order valence-corrected chi connectivity index (χ4v) is 21.1. The number of pyridine rings is 5. The third kappa shape index (κ3) is 23.1. The molecule has 0 unspecified atom stereocenters. The van der Waals surface area contributed by atoms with E-state index in [2.05, 4.69) is 458 Å². The van der Waals surface area contributed by atoms with Crippen molar-refractivity contribution in [3.8, 4) is 112 Å². The van der Waals surface area contributed by atoms with Crippen LogP contribution in [-0.4, -0.2) is 49.8 Å². The molecule has 1 fully saturated rings. The molecule has 148 heavy (non-hydrogen) atoms. The highest BCUT2D eigenvalue weighted by Gasteiger charge is 2.28. The summed E-state index contributed by atoms with van der Waals surface area (Å²) < 4.78 is 11.1. The maximum Gasteiger partial charge on any atom is 0.213 e. The molecule has 0 atom stereocenters. The number of benzene rings is 10. The molecule has 15 heteroatoms. The summed E-state index contributed by atoms with van der Waals surface area (Å²) in [5, 5.41) is 12.1. The predicted octanol–water partition coefficient (Wildman–Crippen LogP) is 29.4. The monoisotopic (exact) mass is 1950 g/mol. The van der Waals surface area contributed by atoms with Crippen LogP contribution < -0.4 is 22.8 Å². The lowest BCUT2D eigenvalue weighted by Crippen LogP contribution is -2.30. The van der Waals surface area contributed by atoms with Crippen LogP contribution in [-0.2, 0) is 48.1 Å². The Kier molecular flexibility index (Phi) is 31.0. The molecule has 1 aliphatic rings. The molecule has 0 N–H and O–H groups in total. The molecule has 0 radical (unpaired) electrons. The summed E-state index contributed by atoms with van der Waals surface area (Å²) in [5.41, 5.74) is 45.1. The Morgan fingerprint density at radius 1 is 0.284 bits per heavy atom. The highest BCUT2D eigenvalue weighted by molar-refractivity contribution is 6.02. The van der Waals surface area contributed by atoms with Crippen LogP contribution in [0.1, 0.15) is 198 Å². The Labute approximate surface area is 876 Å². The van der Waals surface area contributed by atoms with Crippen LogP contribution >= 0.6 is 0 Å². The maximum atomic E-state index is 4.76. The number of aromatic nitrogens is 15. The van der Waals surface area contributed by atoms with Gasteiger partial charge in [0.25, 0.3) is 0 Å². The van der Waals surface area contributed by atoms with E-state index < -0.39 is 0 Å². The van der Waals surface area contributed by atoms with Crippen LogP contribution in [0.2, 0.25) is 0 Å². The third-order valence-electron chi connectivity index (χ3n) is 29.7. The van der Waals surface area contributed by atoms with Gasteiger partial charge in [0.1, 0.15) is 52.7 Å². The summed E-state index contributed by atoms with van der Waals surface area (Å²) in [4.78, 5) is 46.5. The van der Waals surface area contributed by atoms with E-state index in [4.69, 9.17) is 15.0 Å². The minimum absolute atomic E-state index is 0.175. The lowest BCUT2D eigenvalue weighted by atomic mass is 9.92. The normalized spacial score (nSPS) is 12.1. The highest BCUT2D eigenvalue weighted by atomic mass is 15.0. The van der Waals surface area contributed by atoms with Gasteiger partial charge in [-0.25, -0.2) is 52.7 Å². The minimum Gasteiger partial charge on any atom is -0.258 e. The summed E-state index contributed by atoms with van der Waals surface area (Å²) in [6.07, 6.45) is 37.3. The Bertz CT molecular complexity index is 8400. The van der Waals surface area contributed by atoms with Gasteiger partial charge >= 0.3 is 0 Å². The van der Waals surface area contributed by atoms with E-state index in [-0.39, 0.29) is 5.41 Å². The molecule has 1 saturated carbocycles. The molecule has 746 valence electrons. The van der Waals surface area contributed by atoms with E-state index in [0.29, 0.717) is 17.8 Å². The molecule has 15 nitrogen and oxygen atoms in total. The van der Waals surface area contributed by atoms with Gasteiger partial charge < -0.3 is 0 Å². The van der Waals surface area contributed by atoms with Crippen molar-refractivity contribution in [2.24, 2.45) is 46.6 Å². The fourth-order valence-electron chi connectivity index (χ4n) is 21.1. The standard InChI is InChI=1S/C28H30N3.C28H32N3.C27H30N3.C26H28N3.C24H24N3/c1-18-12-19(2)20(3)25(13-18)27-14-26-22(17-31(27)4)10-7-11-24(26)23-15-29-28(30-16-23)21-8-5-6-9-21;1-18-11-19(2)20(3)24(12-18)26-13-25-21(17-31(26)7)9-8-10-23(25)22-15-29-27(30-16-22)14-28(4,5)6;1-17(2)10-27-28-14-22(15-29-27)23-9-7-8-21-16-30(6)26(13-25(21)23)24-12-18(3)11-19(4)20(24)5;1-16(2)24-13-28-25(14-27-24)21-9-7-8-20-15-29(6)26(12-23(20)21)22-11-17(3)10-18(4)19(22)5;1-15-9-16(2)18(4)21(10-15)24-11-22-19(14-27(24)5)7-6-8-20(22)23-13-25-17(3)12-26-23/h7,10-17,21H,5-6,8-9H2,1-4H3;8-13,15-17H,14H2,1-7H3;7-9,11-17H,10H2,1-6H3;7-16H,1-6H3;6-14H,1-5H3/q5*+1.